The summed E-state index contributed by atoms with van der Waals surface area (Å²) < 4.78 is 15.6. The van der Waals surface area contributed by atoms with Gasteiger partial charge in [-0.2, -0.15) is 0 Å². The Morgan fingerprint density at radius 3 is 2.92 bits per heavy atom. The molecule has 1 aromatic carbocycles. The fraction of sp³-hybridized carbons (Fsp3) is 0.333. The van der Waals surface area contributed by atoms with Gasteiger partial charge in [-0.1, -0.05) is 18.2 Å². The summed E-state index contributed by atoms with van der Waals surface area (Å²) in [6.07, 6.45) is 2.90. The number of ether oxygens (including phenoxy) is 3. The minimum atomic E-state index is -0.820. The molecule has 1 atom stereocenters. The number of nitrogens with zero attached hydrogens (tertiary/aromatic N) is 1. The minimum absolute atomic E-state index is 0.267. The van der Waals surface area contributed by atoms with E-state index in [1.165, 1.54) is 6.26 Å². The van der Waals surface area contributed by atoms with E-state index in [-0.39, 0.29) is 12.3 Å². The fourth-order valence-corrected chi connectivity index (χ4v) is 2.72. The second-order valence-electron chi connectivity index (χ2n) is 5.51. The molecule has 2 aliphatic heterocycles. The smallest absolute Gasteiger partial charge is 0.358 e. The molecule has 1 unspecified atom stereocenters. The van der Waals surface area contributed by atoms with Crippen LogP contribution in [0.4, 0.5) is 5.69 Å². The Morgan fingerprint density at radius 2 is 2.21 bits per heavy atom. The van der Waals surface area contributed by atoms with Gasteiger partial charge in [0.2, 0.25) is 0 Å². The van der Waals surface area contributed by atoms with Gasteiger partial charge in [0, 0.05) is 23.9 Å². The van der Waals surface area contributed by atoms with Gasteiger partial charge < -0.3 is 19.1 Å². The number of para-hydroxylation sites is 1. The quantitative estimate of drug-likeness (QED) is 0.469. The zero-order valence-corrected chi connectivity index (χ0v) is 13.7. The number of benzene rings is 1. The second kappa shape index (κ2) is 6.78. The number of cyclic esters (lactones) is 1. The normalized spacial score (nSPS) is 19.7. The first-order valence-corrected chi connectivity index (χ1v) is 7.87. The van der Waals surface area contributed by atoms with E-state index in [0.717, 1.165) is 17.7 Å². The summed E-state index contributed by atoms with van der Waals surface area (Å²) in [5.74, 6) is -0.892. The van der Waals surface area contributed by atoms with Crippen LogP contribution < -0.4 is 4.90 Å². The first kappa shape index (κ1) is 16.1. The highest BCUT2D eigenvalue weighted by molar-refractivity contribution is 5.93. The maximum Gasteiger partial charge on any atom is 0.358 e. The lowest BCUT2D eigenvalue weighted by molar-refractivity contribution is -0.152. The topological polar surface area (TPSA) is 65.1 Å². The first-order valence-electron chi connectivity index (χ1n) is 7.87. The number of carbonyl (C=O) groups is 2. The lowest BCUT2D eigenvalue weighted by atomic mass is 10.2. The Hall–Kier alpha value is -2.76. The van der Waals surface area contributed by atoms with Crippen molar-refractivity contribution in [3.05, 3.63) is 53.4 Å². The highest BCUT2D eigenvalue weighted by atomic mass is 16.7. The van der Waals surface area contributed by atoms with Crippen molar-refractivity contribution in [1.82, 2.24) is 0 Å². The summed E-state index contributed by atoms with van der Waals surface area (Å²) in [6.45, 7) is 4.33. The highest BCUT2D eigenvalue weighted by Crippen LogP contribution is 2.31. The van der Waals surface area contributed by atoms with Gasteiger partial charge in [0.05, 0.1) is 6.61 Å². The van der Waals surface area contributed by atoms with E-state index in [0.29, 0.717) is 12.1 Å². The Kier molecular flexibility index (Phi) is 4.55. The van der Waals surface area contributed by atoms with E-state index >= 15 is 0 Å². The average molecular weight is 329 g/mol. The lowest BCUT2D eigenvalue weighted by Crippen LogP contribution is -2.28. The summed E-state index contributed by atoms with van der Waals surface area (Å²) in [6, 6.07) is 7.88. The molecule has 0 amide bonds. The van der Waals surface area contributed by atoms with Gasteiger partial charge in [-0.05, 0) is 31.9 Å². The van der Waals surface area contributed by atoms with Crippen molar-refractivity contribution in [2.75, 3.05) is 18.1 Å². The predicted octanol–water partition coefficient (Wildman–Crippen LogP) is 2.30. The van der Waals surface area contributed by atoms with Gasteiger partial charge in [-0.3, -0.25) is 0 Å². The van der Waals surface area contributed by atoms with Crippen molar-refractivity contribution in [1.29, 1.82) is 0 Å². The molecule has 0 bridgehead atoms. The Morgan fingerprint density at radius 1 is 1.42 bits per heavy atom. The minimum Gasteiger partial charge on any atom is -0.461 e. The van der Waals surface area contributed by atoms with Gasteiger partial charge in [-0.15, -0.1) is 0 Å². The van der Waals surface area contributed by atoms with Crippen molar-refractivity contribution in [3.63, 3.8) is 0 Å². The maximum absolute atomic E-state index is 12.3. The van der Waals surface area contributed by atoms with E-state index in [4.69, 9.17) is 14.2 Å². The van der Waals surface area contributed by atoms with Crippen LogP contribution in [0.5, 0.6) is 0 Å². The first-order chi connectivity index (χ1) is 11.6. The van der Waals surface area contributed by atoms with Gasteiger partial charge in [0.1, 0.15) is 6.26 Å². The number of carbonyl (C=O) groups excluding carboxylic acids is 2. The molecule has 126 valence electrons. The standard InChI is InChI=1S/C18H19NO5/c1-3-22-18(21)15(11-23-16-10-12(2)17(20)24-16)19-9-8-13-6-4-5-7-14(13)19/h4-7,10-11,16H,3,8-9H2,1-2H3/b15-11-. The van der Waals surface area contributed by atoms with Crippen LogP contribution in [-0.2, 0) is 30.2 Å². The molecule has 0 aromatic heterocycles. The largest absolute Gasteiger partial charge is 0.461 e. The molecule has 1 aromatic rings. The van der Waals surface area contributed by atoms with E-state index in [9.17, 15) is 9.59 Å². The van der Waals surface area contributed by atoms with E-state index in [2.05, 4.69) is 0 Å². The lowest BCUT2D eigenvalue weighted by Gasteiger charge is -2.21. The average Bonchev–Trinajstić information content (AvgIpc) is 3.12. The molecule has 0 saturated carbocycles. The SMILES string of the molecule is CCOC(=O)/C(=C/OC1C=C(C)C(=O)O1)N1CCc2ccccc21. The Bertz CT molecular complexity index is 722. The molecule has 0 radical (unpaired) electrons. The predicted molar refractivity (Wildman–Crippen MR) is 86.9 cm³/mol. The van der Waals surface area contributed by atoms with Gasteiger partial charge in [0.15, 0.2) is 5.70 Å². The van der Waals surface area contributed by atoms with Crippen molar-refractivity contribution in [2.24, 2.45) is 0 Å². The van der Waals surface area contributed by atoms with Gasteiger partial charge in [0.25, 0.3) is 6.29 Å². The van der Waals surface area contributed by atoms with E-state index in [1.807, 2.05) is 29.2 Å². The molecule has 0 aliphatic carbocycles. The number of anilines is 1. The third-order valence-corrected chi connectivity index (χ3v) is 3.91. The monoisotopic (exact) mass is 329 g/mol. The highest BCUT2D eigenvalue weighted by Gasteiger charge is 2.28. The van der Waals surface area contributed by atoms with Crippen molar-refractivity contribution < 1.29 is 23.8 Å². The van der Waals surface area contributed by atoms with Gasteiger partial charge in [-0.25, -0.2) is 9.59 Å². The summed E-state index contributed by atoms with van der Waals surface area (Å²) in [7, 11) is 0. The summed E-state index contributed by atoms with van der Waals surface area (Å²) in [4.78, 5) is 25.6. The van der Waals surface area contributed by atoms with Crippen molar-refractivity contribution in [3.8, 4) is 0 Å². The molecule has 2 heterocycles. The molecular weight excluding hydrogens is 310 g/mol. The summed E-state index contributed by atoms with van der Waals surface area (Å²) >= 11 is 0. The molecular formula is C18H19NO5. The summed E-state index contributed by atoms with van der Waals surface area (Å²) in [5.41, 5.74) is 2.89. The molecule has 0 spiro atoms. The third-order valence-electron chi connectivity index (χ3n) is 3.91. The van der Waals surface area contributed by atoms with Crippen molar-refractivity contribution in [2.45, 2.75) is 26.6 Å². The second-order valence-corrected chi connectivity index (χ2v) is 5.51. The fourth-order valence-electron chi connectivity index (χ4n) is 2.72. The molecule has 0 saturated heterocycles. The van der Waals surface area contributed by atoms with Crippen LogP contribution in [-0.4, -0.2) is 31.4 Å². The Labute approximate surface area is 140 Å². The molecule has 2 aliphatic rings. The van der Waals surface area contributed by atoms with Crippen LogP contribution >= 0.6 is 0 Å². The zero-order valence-electron chi connectivity index (χ0n) is 13.7. The van der Waals surface area contributed by atoms with Crippen LogP contribution in [0.15, 0.2) is 47.9 Å². The summed E-state index contributed by atoms with van der Waals surface area (Å²) in [5, 5.41) is 0. The zero-order chi connectivity index (χ0) is 17.1. The van der Waals surface area contributed by atoms with Crippen LogP contribution in [0.2, 0.25) is 0 Å². The third kappa shape index (κ3) is 3.13. The number of hydrogen-bond donors (Lipinski definition) is 0. The molecule has 6 nitrogen and oxygen atoms in total. The van der Waals surface area contributed by atoms with Crippen LogP contribution in [0.3, 0.4) is 0 Å². The molecule has 24 heavy (non-hydrogen) atoms. The van der Waals surface area contributed by atoms with Crippen LogP contribution in [0.1, 0.15) is 19.4 Å². The van der Waals surface area contributed by atoms with Crippen molar-refractivity contribution >= 4 is 17.6 Å². The van der Waals surface area contributed by atoms with E-state index in [1.54, 1.807) is 19.9 Å². The van der Waals surface area contributed by atoms with Crippen LogP contribution in [0, 0.1) is 0 Å². The molecule has 3 rings (SSSR count). The van der Waals surface area contributed by atoms with E-state index < -0.39 is 18.2 Å². The number of esters is 2. The molecule has 0 fully saturated rings. The Balaban J connectivity index is 1.84. The molecule has 6 heteroatoms. The number of fused-ring (bicyclic) bond motifs is 1. The maximum atomic E-state index is 12.3. The van der Waals surface area contributed by atoms with Gasteiger partial charge >= 0.3 is 11.9 Å². The van der Waals surface area contributed by atoms with Crippen LogP contribution in [0.25, 0.3) is 0 Å². The number of rotatable bonds is 5. The molecule has 0 N–H and O–H groups in total. The number of hydrogen-bond acceptors (Lipinski definition) is 6.